The van der Waals surface area contributed by atoms with Crippen molar-refractivity contribution in [2.24, 2.45) is 0 Å². The highest BCUT2D eigenvalue weighted by Gasteiger charge is 2.26. The van der Waals surface area contributed by atoms with Crippen molar-refractivity contribution in [3.8, 4) is 12.3 Å². The maximum atomic E-state index is 12.4. The molecule has 6 heteroatoms. The van der Waals surface area contributed by atoms with Gasteiger partial charge in [-0.15, -0.1) is 6.42 Å². The fraction of sp³-hybridized carbons (Fsp3) is 0.429. The second-order valence-electron chi connectivity index (χ2n) is 4.88. The number of terminal acetylenes is 1. The molecule has 0 aliphatic carbocycles. The Kier molecular flexibility index (Phi) is 4.65. The predicted molar refractivity (Wildman–Crippen MR) is 80.3 cm³/mol. The van der Waals surface area contributed by atoms with Crippen LogP contribution in [0.4, 0.5) is 5.69 Å². The number of benzene rings is 1. The molecule has 0 saturated carbocycles. The molecule has 20 heavy (non-hydrogen) atoms. The topological polar surface area (TPSA) is 66.6 Å². The first-order chi connectivity index (χ1) is 9.51. The van der Waals surface area contributed by atoms with Gasteiger partial charge in [0, 0.05) is 31.9 Å². The van der Waals surface area contributed by atoms with Crippen molar-refractivity contribution in [2.75, 3.05) is 38.5 Å². The van der Waals surface area contributed by atoms with Crippen LogP contribution in [0, 0.1) is 12.3 Å². The van der Waals surface area contributed by atoms with E-state index in [4.69, 9.17) is 12.2 Å². The van der Waals surface area contributed by atoms with Crippen molar-refractivity contribution < 1.29 is 8.42 Å². The summed E-state index contributed by atoms with van der Waals surface area (Å²) in [5, 5.41) is 0. The Morgan fingerprint density at radius 1 is 1.25 bits per heavy atom. The van der Waals surface area contributed by atoms with E-state index < -0.39 is 10.0 Å². The Balaban J connectivity index is 2.00. The monoisotopic (exact) mass is 293 g/mol. The number of rotatable bonds is 4. The first-order valence-electron chi connectivity index (χ1n) is 6.49. The molecule has 1 fully saturated rings. The number of hydrogen-bond donors (Lipinski definition) is 1. The summed E-state index contributed by atoms with van der Waals surface area (Å²) < 4.78 is 26.2. The zero-order valence-corrected chi connectivity index (χ0v) is 12.1. The first kappa shape index (κ1) is 14.9. The van der Waals surface area contributed by atoms with Gasteiger partial charge in [0.1, 0.15) is 0 Å². The van der Waals surface area contributed by atoms with E-state index in [0.29, 0.717) is 38.4 Å². The molecular weight excluding hydrogens is 274 g/mol. The molecule has 0 amide bonds. The molecule has 1 heterocycles. The van der Waals surface area contributed by atoms with Gasteiger partial charge in [-0.05, 0) is 17.7 Å². The van der Waals surface area contributed by atoms with E-state index in [9.17, 15) is 8.42 Å². The molecule has 0 radical (unpaired) electrons. The van der Waals surface area contributed by atoms with Crippen LogP contribution in [0.2, 0.25) is 0 Å². The number of piperazine rings is 1. The molecule has 2 rings (SSSR count). The van der Waals surface area contributed by atoms with Gasteiger partial charge in [0.2, 0.25) is 10.0 Å². The van der Waals surface area contributed by atoms with E-state index >= 15 is 0 Å². The van der Waals surface area contributed by atoms with Gasteiger partial charge in [0.15, 0.2) is 0 Å². The molecule has 1 saturated heterocycles. The van der Waals surface area contributed by atoms with E-state index in [-0.39, 0.29) is 5.75 Å². The summed E-state index contributed by atoms with van der Waals surface area (Å²) in [6.07, 6.45) is 5.26. The van der Waals surface area contributed by atoms with Gasteiger partial charge in [0.05, 0.1) is 12.3 Å². The summed E-state index contributed by atoms with van der Waals surface area (Å²) in [5.41, 5.74) is 6.97. The SMILES string of the molecule is C#CCN1CCN(S(=O)(=O)Cc2cccc(N)c2)CC1. The Hall–Kier alpha value is -1.55. The van der Waals surface area contributed by atoms with Crippen LogP contribution in [-0.2, 0) is 15.8 Å². The fourth-order valence-corrected chi connectivity index (χ4v) is 3.78. The van der Waals surface area contributed by atoms with Crippen molar-refractivity contribution in [3.05, 3.63) is 29.8 Å². The quantitative estimate of drug-likeness (QED) is 0.642. The van der Waals surface area contributed by atoms with E-state index in [0.717, 1.165) is 5.56 Å². The summed E-state index contributed by atoms with van der Waals surface area (Å²) in [4.78, 5) is 2.08. The third-order valence-electron chi connectivity index (χ3n) is 3.34. The van der Waals surface area contributed by atoms with Gasteiger partial charge in [0.25, 0.3) is 0 Å². The average Bonchev–Trinajstić information content (AvgIpc) is 2.39. The molecule has 0 bridgehead atoms. The van der Waals surface area contributed by atoms with Crippen LogP contribution in [-0.4, -0.2) is 50.3 Å². The minimum Gasteiger partial charge on any atom is -0.399 e. The second kappa shape index (κ2) is 6.27. The van der Waals surface area contributed by atoms with Crippen LogP contribution < -0.4 is 5.73 Å². The maximum absolute atomic E-state index is 12.4. The molecule has 108 valence electrons. The van der Waals surface area contributed by atoms with Gasteiger partial charge in [-0.2, -0.15) is 4.31 Å². The lowest BCUT2D eigenvalue weighted by Crippen LogP contribution is -2.48. The van der Waals surface area contributed by atoms with E-state index in [2.05, 4.69) is 10.8 Å². The molecule has 1 aliphatic rings. The Morgan fingerprint density at radius 2 is 1.95 bits per heavy atom. The molecular formula is C14H19N3O2S. The number of nitrogens with zero attached hydrogens (tertiary/aromatic N) is 2. The van der Waals surface area contributed by atoms with Gasteiger partial charge in [-0.25, -0.2) is 8.42 Å². The lowest BCUT2D eigenvalue weighted by molar-refractivity contribution is 0.207. The van der Waals surface area contributed by atoms with Gasteiger partial charge in [-0.1, -0.05) is 18.1 Å². The molecule has 1 aliphatic heterocycles. The summed E-state index contributed by atoms with van der Waals surface area (Å²) in [7, 11) is -3.29. The second-order valence-corrected chi connectivity index (χ2v) is 6.85. The standard InChI is InChI=1S/C14H19N3O2S/c1-2-6-16-7-9-17(10-8-16)20(18,19)12-13-4-3-5-14(15)11-13/h1,3-5,11H,6-10,12,15H2. The summed E-state index contributed by atoms with van der Waals surface area (Å²) in [6.45, 7) is 2.92. The van der Waals surface area contributed by atoms with Crippen molar-refractivity contribution in [1.29, 1.82) is 0 Å². The number of nitrogen functional groups attached to an aromatic ring is 1. The zero-order chi connectivity index (χ0) is 14.6. The molecule has 1 aromatic carbocycles. The molecule has 0 spiro atoms. The summed E-state index contributed by atoms with van der Waals surface area (Å²) in [5.74, 6) is 2.57. The van der Waals surface area contributed by atoms with Crippen molar-refractivity contribution >= 4 is 15.7 Å². The van der Waals surface area contributed by atoms with Crippen LogP contribution >= 0.6 is 0 Å². The highest BCUT2D eigenvalue weighted by Crippen LogP contribution is 2.15. The predicted octanol–water partition coefficient (Wildman–Crippen LogP) is 0.349. The van der Waals surface area contributed by atoms with Crippen LogP contribution in [0.1, 0.15) is 5.56 Å². The highest BCUT2D eigenvalue weighted by molar-refractivity contribution is 7.88. The maximum Gasteiger partial charge on any atom is 0.218 e. The first-order valence-corrected chi connectivity index (χ1v) is 8.10. The Labute approximate surface area is 120 Å². The van der Waals surface area contributed by atoms with E-state index in [1.807, 2.05) is 0 Å². The number of sulfonamides is 1. The molecule has 0 unspecified atom stereocenters. The molecule has 0 atom stereocenters. The normalized spacial score (nSPS) is 17.8. The van der Waals surface area contributed by atoms with Gasteiger partial charge < -0.3 is 5.73 Å². The fourth-order valence-electron chi connectivity index (χ4n) is 2.28. The van der Waals surface area contributed by atoms with Gasteiger partial charge in [-0.3, -0.25) is 4.90 Å². The molecule has 2 N–H and O–H groups in total. The summed E-state index contributed by atoms with van der Waals surface area (Å²) in [6, 6.07) is 6.99. The van der Waals surface area contributed by atoms with Crippen LogP contribution in [0.15, 0.2) is 24.3 Å². The van der Waals surface area contributed by atoms with Crippen LogP contribution in [0.5, 0.6) is 0 Å². The largest absolute Gasteiger partial charge is 0.399 e. The Bertz CT molecular complexity index is 599. The molecule has 0 aromatic heterocycles. The van der Waals surface area contributed by atoms with Gasteiger partial charge >= 0.3 is 0 Å². The minimum atomic E-state index is -3.29. The van der Waals surface area contributed by atoms with Crippen molar-refractivity contribution in [3.63, 3.8) is 0 Å². The number of hydrogen-bond acceptors (Lipinski definition) is 4. The average molecular weight is 293 g/mol. The minimum absolute atomic E-state index is 0.00677. The van der Waals surface area contributed by atoms with Crippen molar-refractivity contribution in [1.82, 2.24) is 9.21 Å². The number of anilines is 1. The zero-order valence-electron chi connectivity index (χ0n) is 11.3. The smallest absolute Gasteiger partial charge is 0.218 e. The lowest BCUT2D eigenvalue weighted by Gasteiger charge is -2.32. The van der Waals surface area contributed by atoms with Crippen LogP contribution in [0.25, 0.3) is 0 Å². The van der Waals surface area contributed by atoms with Crippen molar-refractivity contribution in [2.45, 2.75) is 5.75 Å². The highest BCUT2D eigenvalue weighted by atomic mass is 32.2. The van der Waals surface area contributed by atoms with E-state index in [1.54, 1.807) is 24.3 Å². The molecule has 1 aromatic rings. The third-order valence-corrected chi connectivity index (χ3v) is 5.19. The third kappa shape index (κ3) is 3.73. The molecule has 5 nitrogen and oxygen atoms in total. The Morgan fingerprint density at radius 3 is 2.55 bits per heavy atom. The summed E-state index contributed by atoms with van der Waals surface area (Å²) >= 11 is 0. The lowest BCUT2D eigenvalue weighted by atomic mass is 10.2. The van der Waals surface area contributed by atoms with Crippen LogP contribution in [0.3, 0.4) is 0 Å². The van der Waals surface area contributed by atoms with E-state index in [1.165, 1.54) is 4.31 Å². The number of nitrogens with two attached hydrogens (primary N) is 1.